The van der Waals surface area contributed by atoms with Crippen molar-refractivity contribution in [3.8, 4) is 0 Å². The topological polar surface area (TPSA) is 52.2 Å². The molecule has 1 aliphatic rings. The van der Waals surface area contributed by atoms with Crippen LogP contribution in [0.4, 0.5) is 0 Å². The van der Waals surface area contributed by atoms with E-state index < -0.39 is 0 Å². The molecule has 1 amide bonds. The monoisotopic (exact) mass is 314 g/mol. The Morgan fingerprint density at radius 1 is 1.30 bits per heavy atom. The number of aromatic amines is 1. The van der Waals surface area contributed by atoms with Crippen LogP contribution >= 0.6 is 0 Å². The largest absolute Gasteiger partial charge is 0.339 e. The molecule has 1 aromatic carbocycles. The summed E-state index contributed by atoms with van der Waals surface area (Å²) in [6.45, 7) is 9.53. The van der Waals surface area contributed by atoms with E-state index in [0.717, 1.165) is 62.0 Å². The Labute approximate surface area is 137 Å². The first-order valence-electron chi connectivity index (χ1n) is 8.66. The minimum atomic E-state index is 0.137. The van der Waals surface area contributed by atoms with E-state index in [1.807, 2.05) is 23.1 Å². The minimum absolute atomic E-state index is 0.137. The molecule has 23 heavy (non-hydrogen) atoms. The molecule has 1 fully saturated rings. The van der Waals surface area contributed by atoms with E-state index in [9.17, 15) is 4.79 Å². The number of fused-ring (bicyclic) bond motifs is 1. The zero-order chi connectivity index (χ0) is 16.2. The number of likely N-dealkylation sites (tertiary alicyclic amines) is 1. The van der Waals surface area contributed by atoms with Crippen LogP contribution in [0.15, 0.2) is 24.4 Å². The van der Waals surface area contributed by atoms with Gasteiger partial charge in [0, 0.05) is 25.0 Å². The van der Waals surface area contributed by atoms with Gasteiger partial charge >= 0.3 is 0 Å². The summed E-state index contributed by atoms with van der Waals surface area (Å²) in [5, 5.41) is 7.90. The molecule has 0 aliphatic carbocycles. The van der Waals surface area contributed by atoms with Gasteiger partial charge in [0.1, 0.15) is 0 Å². The standard InChI is InChI=1S/C18H26N4O/c1-3-21(4-2)13-14-8-10-22(11-9-14)18(23)15-6-5-7-17-16(15)12-19-20-17/h5-7,12,14H,3-4,8-11,13H2,1-2H3,(H,19,20). The quantitative estimate of drug-likeness (QED) is 0.923. The Morgan fingerprint density at radius 2 is 2.04 bits per heavy atom. The molecule has 124 valence electrons. The predicted molar refractivity (Wildman–Crippen MR) is 92.5 cm³/mol. The number of nitrogens with zero attached hydrogens (tertiary/aromatic N) is 3. The van der Waals surface area contributed by atoms with Crippen molar-refractivity contribution < 1.29 is 4.79 Å². The van der Waals surface area contributed by atoms with E-state index in [1.165, 1.54) is 0 Å². The second-order valence-electron chi connectivity index (χ2n) is 6.36. The van der Waals surface area contributed by atoms with Crippen molar-refractivity contribution in [1.82, 2.24) is 20.0 Å². The number of piperidine rings is 1. The SMILES string of the molecule is CCN(CC)CC1CCN(C(=O)c2cccc3[nH]ncc23)CC1. The highest BCUT2D eigenvalue weighted by Crippen LogP contribution is 2.23. The number of hydrogen-bond donors (Lipinski definition) is 1. The summed E-state index contributed by atoms with van der Waals surface area (Å²) in [6.07, 6.45) is 3.95. The molecule has 1 N–H and O–H groups in total. The number of H-pyrrole nitrogens is 1. The Morgan fingerprint density at radius 3 is 2.74 bits per heavy atom. The van der Waals surface area contributed by atoms with Crippen molar-refractivity contribution in [2.24, 2.45) is 5.92 Å². The van der Waals surface area contributed by atoms with Gasteiger partial charge in [0.25, 0.3) is 5.91 Å². The maximum atomic E-state index is 12.8. The molecule has 5 heteroatoms. The molecule has 5 nitrogen and oxygen atoms in total. The average molecular weight is 314 g/mol. The van der Waals surface area contributed by atoms with Gasteiger partial charge in [0.05, 0.1) is 17.3 Å². The number of benzene rings is 1. The number of hydrogen-bond acceptors (Lipinski definition) is 3. The normalized spacial score (nSPS) is 16.4. The zero-order valence-corrected chi connectivity index (χ0v) is 14.1. The van der Waals surface area contributed by atoms with Crippen LogP contribution in [-0.2, 0) is 0 Å². The highest BCUT2D eigenvalue weighted by atomic mass is 16.2. The van der Waals surface area contributed by atoms with Crippen LogP contribution in [0, 0.1) is 5.92 Å². The third kappa shape index (κ3) is 3.39. The van der Waals surface area contributed by atoms with Crippen LogP contribution in [0.2, 0.25) is 0 Å². The maximum Gasteiger partial charge on any atom is 0.254 e. The summed E-state index contributed by atoms with van der Waals surface area (Å²) >= 11 is 0. The number of nitrogens with one attached hydrogen (secondary N) is 1. The van der Waals surface area contributed by atoms with Crippen LogP contribution < -0.4 is 0 Å². The van der Waals surface area contributed by atoms with Gasteiger partial charge in [-0.2, -0.15) is 5.10 Å². The summed E-state index contributed by atoms with van der Waals surface area (Å²) in [5.41, 5.74) is 1.69. The summed E-state index contributed by atoms with van der Waals surface area (Å²) < 4.78 is 0. The van der Waals surface area contributed by atoms with E-state index in [4.69, 9.17) is 0 Å². The van der Waals surface area contributed by atoms with Crippen LogP contribution in [0.25, 0.3) is 10.9 Å². The fourth-order valence-corrected chi connectivity index (χ4v) is 3.49. The first kappa shape index (κ1) is 16.0. The highest BCUT2D eigenvalue weighted by Gasteiger charge is 2.25. The van der Waals surface area contributed by atoms with E-state index >= 15 is 0 Å². The van der Waals surface area contributed by atoms with E-state index in [2.05, 4.69) is 28.9 Å². The second-order valence-corrected chi connectivity index (χ2v) is 6.36. The first-order chi connectivity index (χ1) is 11.2. The fraction of sp³-hybridized carbons (Fsp3) is 0.556. The minimum Gasteiger partial charge on any atom is -0.339 e. The molecule has 1 aliphatic heterocycles. The summed E-state index contributed by atoms with van der Waals surface area (Å²) in [5.74, 6) is 0.849. The molecule has 0 saturated carbocycles. The van der Waals surface area contributed by atoms with Gasteiger partial charge in [0.2, 0.25) is 0 Å². The molecule has 1 aromatic heterocycles. The van der Waals surface area contributed by atoms with E-state index in [-0.39, 0.29) is 5.91 Å². The molecular weight excluding hydrogens is 288 g/mol. The van der Waals surface area contributed by atoms with Crippen LogP contribution in [0.5, 0.6) is 0 Å². The van der Waals surface area contributed by atoms with Gasteiger partial charge in [-0.15, -0.1) is 0 Å². The maximum absolute atomic E-state index is 12.8. The molecule has 2 heterocycles. The van der Waals surface area contributed by atoms with Crippen LogP contribution in [0.3, 0.4) is 0 Å². The van der Waals surface area contributed by atoms with Gasteiger partial charge in [0.15, 0.2) is 0 Å². The molecule has 2 aromatic rings. The molecule has 0 unspecified atom stereocenters. The highest BCUT2D eigenvalue weighted by molar-refractivity contribution is 6.06. The van der Waals surface area contributed by atoms with Crippen molar-refractivity contribution in [1.29, 1.82) is 0 Å². The molecule has 0 radical (unpaired) electrons. The molecule has 0 spiro atoms. The van der Waals surface area contributed by atoms with Crippen molar-refractivity contribution in [2.45, 2.75) is 26.7 Å². The fourth-order valence-electron chi connectivity index (χ4n) is 3.49. The summed E-state index contributed by atoms with van der Waals surface area (Å²) in [6, 6.07) is 5.78. The van der Waals surface area contributed by atoms with Crippen LogP contribution in [-0.4, -0.2) is 58.6 Å². The lowest BCUT2D eigenvalue weighted by Gasteiger charge is -2.34. The van der Waals surface area contributed by atoms with Gasteiger partial charge in [-0.3, -0.25) is 9.89 Å². The van der Waals surface area contributed by atoms with Crippen LogP contribution in [0.1, 0.15) is 37.0 Å². The predicted octanol–water partition coefficient (Wildman–Crippen LogP) is 2.76. The Kier molecular flexibility index (Phi) is 4.96. The molecule has 3 rings (SSSR count). The Hall–Kier alpha value is -1.88. The lowest BCUT2D eigenvalue weighted by molar-refractivity contribution is 0.0671. The third-order valence-electron chi connectivity index (χ3n) is 5.03. The van der Waals surface area contributed by atoms with E-state index in [1.54, 1.807) is 6.20 Å². The number of amides is 1. The molecule has 1 saturated heterocycles. The summed E-state index contributed by atoms with van der Waals surface area (Å²) in [7, 11) is 0. The lowest BCUT2D eigenvalue weighted by Crippen LogP contribution is -2.41. The van der Waals surface area contributed by atoms with E-state index in [0.29, 0.717) is 5.92 Å². The van der Waals surface area contributed by atoms with Crippen molar-refractivity contribution >= 4 is 16.8 Å². The van der Waals surface area contributed by atoms with Crippen molar-refractivity contribution in [2.75, 3.05) is 32.7 Å². The zero-order valence-electron chi connectivity index (χ0n) is 14.1. The van der Waals surface area contributed by atoms with Gasteiger partial charge in [-0.25, -0.2) is 0 Å². The number of aromatic nitrogens is 2. The van der Waals surface area contributed by atoms with Gasteiger partial charge < -0.3 is 9.80 Å². The van der Waals surface area contributed by atoms with Crippen molar-refractivity contribution in [3.05, 3.63) is 30.0 Å². The molecule has 0 bridgehead atoms. The lowest BCUT2D eigenvalue weighted by atomic mass is 9.95. The Bertz CT molecular complexity index is 654. The smallest absolute Gasteiger partial charge is 0.254 e. The van der Waals surface area contributed by atoms with Gasteiger partial charge in [-0.05, 0) is 44.0 Å². The summed E-state index contributed by atoms with van der Waals surface area (Å²) in [4.78, 5) is 17.3. The average Bonchev–Trinajstić information content (AvgIpc) is 3.08. The molecule has 0 atom stereocenters. The third-order valence-corrected chi connectivity index (χ3v) is 5.03. The number of rotatable bonds is 5. The first-order valence-corrected chi connectivity index (χ1v) is 8.66. The number of carbonyl (C=O) groups is 1. The van der Waals surface area contributed by atoms with Gasteiger partial charge in [-0.1, -0.05) is 19.9 Å². The number of carbonyl (C=O) groups excluding carboxylic acids is 1. The second kappa shape index (κ2) is 7.13. The Balaban J connectivity index is 1.63. The van der Waals surface area contributed by atoms with Crippen molar-refractivity contribution in [3.63, 3.8) is 0 Å². The molecular formula is C18H26N4O.